The van der Waals surface area contributed by atoms with Crippen LogP contribution in [0.25, 0.3) is 22.4 Å². The Morgan fingerprint density at radius 2 is 1.54 bits per heavy atom. The minimum atomic E-state index is 0.770. The molecule has 0 aliphatic carbocycles. The molecule has 4 rings (SSSR count). The summed E-state index contributed by atoms with van der Waals surface area (Å²) in [5.41, 5.74) is 13.8. The Bertz CT molecular complexity index is 1040. The lowest BCUT2D eigenvalue weighted by atomic mass is 10.1. The molecule has 0 saturated heterocycles. The zero-order valence-corrected chi connectivity index (χ0v) is 15.2. The van der Waals surface area contributed by atoms with Gasteiger partial charge in [0.1, 0.15) is 5.82 Å². The lowest BCUT2D eigenvalue weighted by Gasteiger charge is -2.10. The second kappa shape index (κ2) is 6.68. The van der Waals surface area contributed by atoms with Crippen LogP contribution in [0.15, 0.2) is 66.7 Å². The molecule has 0 atom stereocenters. The Morgan fingerprint density at radius 1 is 0.846 bits per heavy atom. The van der Waals surface area contributed by atoms with Crippen molar-refractivity contribution in [3.63, 3.8) is 0 Å². The van der Waals surface area contributed by atoms with Crippen molar-refractivity contribution >= 4 is 16.7 Å². The highest BCUT2D eigenvalue weighted by Gasteiger charge is 2.13. The predicted molar refractivity (Wildman–Crippen MR) is 109 cm³/mol. The highest BCUT2D eigenvalue weighted by molar-refractivity contribution is 5.81. The summed E-state index contributed by atoms with van der Waals surface area (Å²) in [5.74, 6) is 0.998. The maximum Gasteiger partial charge on any atom is 0.141 e. The molecule has 0 radical (unpaired) electrons. The van der Waals surface area contributed by atoms with Gasteiger partial charge < -0.3 is 10.3 Å². The summed E-state index contributed by atoms with van der Waals surface area (Å²) < 4.78 is 2.33. The van der Waals surface area contributed by atoms with E-state index in [4.69, 9.17) is 10.7 Å². The number of hydrogen-bond donors (Lipinski definition) is 1. The van der Waals surface area contributed by atoms with Crippen LogP contribution in [0.3, 0.4) is 0 Å². The molecule has 0 saturated carbocycles. The van der Waals surface area contributed by atoms with Crippen molar-refractivity contribution in [2.45, 2.75) is 26.8 Å². The van der Waals surface area contributed by atoms with Gasteiger partial charge >= 0.3 is 0 Å². The van der Waals surface area contributed by atoms with Crippen molar-refractivity contribution in [1.82, 2.24) is 9.55 Å². The van der Waals surface area contributed by atoms with Gasteiger partial charge in [0.25, 0.3) is 0 Å². The van der Waals surface area contributed by atoms with Crippen molar-refractivity contribution in [1.29, 1.82) is 0 Å². The lowest BCUT2D eigenvalue weighted by molar-refractivity contribution is 0.723. The summed E-state index contributed by atoms with van der Waals surface area (Å²) in [6.45, 7) is 5.14. The van der Waals surface area contributed by atoms with E-state index in [9.17, 15) is 0 Å². The van der Waals surface area contributed by atoms with E-state index in [1.54, 1.807) is 0 Å². The fraction of sp³-hybridized carbons (Fsp3) is 0.174. The molecule has 130 valence electrons. The molecule has 3 aromatic carbocycles. The topological polar surface area (TPSA) is 43.8 Å². The first-order valence-corrected chi connectivity index (χ1v) is 8.98. The van der Waals surface area contributed by atoms with Gasteiger partial charge in [-0.3, -0.25) is 0 Å². The number of hydrogen-bond acceptors (Lipinski definition) is 2. The SMILES string of the molecule is Cc1ccc(CCn2c(-c3ccc(N)cc3)nc3ccc(C)cc32)cc1. The largest absolute Gasteiger partial charge is 0.399 e. The summed E-state index contributed by atoms with van der Waals surface area (Å²) in [7, 11) is 0. The quantitative estimate of drug-likeness (QED) is 0.522. The molecule has 4 aromatic rings. The standard InChI is InChI=1S/C23H23N3/c1-16-3-6-18(7-4-16)13-14-26-22-15-17(2)5-12-21(22)25-23(26)19-8-10-20(24)11-9-19/h3-12,15H,13-14,24H2,1-2H3. The van der Waals surface area contributed by atoms with E-state index in [1.165, 1.54) is 22.2 Å². The van der Waals surface area contributed by atoms with Gasteiger partial charge in [0.05, 0.1) is 11.0 Å². The number of nitrogens with zero attached hydrogens (tertiary/aromatic N) is 2. The number of aryl methyl sites for hydroxylation is 4. The summed E-state index contributed by atoms with van der Waals surface area (Å²) in [4.78, 5) is 4.90. The molecule has 26 heavy (non-hydrogen) atoms. The van der Waals surface area contributed by atoms with E-state index in [0.29, 0.717) is 0 Å². The molecular weight excluding hydrogens is 318 g/mol. The number of imidazole rings is 1. The van der Waals surface area contributed by atoms with E-state index in [-0.39, 0.29) is 0 Å². The third kappa shape index (κ3) is 3.21. The number of rotatable bonds is 4. The van der Waals surface area contributed by atoms with Crippen molar-refractivity contribution in [3.8, 4) is 11.4 Å². The Labute approximate surface area is 154 Å². The van der Waals surface area contributed by atoms with Crippen LogP contribution in [-0.2, 0) is 13.0 Å². The molecule has 1 heterocycles. The fourth-order valence-electron chi connectivity index (χ4n) is 3.31. The summed E-state index contributed by atoms with van der Waals surface area (Å²) >= 11 is 0. The average molecular weight is 341 g/mol. The molecule has 0 aliphatic rings. The van der Waals surface area contributed by atoms with Crippen molar-refractivity contribution in [3.05, 3.63) is 83.4 Å². The van der Waals surface area contributed by atoms with E-state index in [2.05, 4.69) is 60.9 Å². The van der Waals surface area contributed by atoms with Crippen LogP contribution in [0, 0.1) is 13.8 Å². The number of aromatic nitrogens is 2. The van der Waals surface area contributed by atoms with Gasteiger partial charge in [-0.05, 0) is 67.8 Å². The highest BCUT2D eigenvalue weighted by Crippen LogP contribution is 2.26. The van der Waals surface area contributed by atoms with Crippen molar-refractivity contribution in [2.24, 2.45) is 0 Å². The Balaban J connectivity index is 1.76. The number of nitrogen functional groups attached to an aromatic ring is 1. The third-order valence-corrected chi connectivity index (χ3v) is 4.82. The van der Waals surface area contributed by atoms with Crippen LogP contribution >= 0.6 is 0 Å². The van der Waals surface area contributed by atoms with Crippen LogP contribution in [0.4, 0.5) is 5.69 Å². The number of nitrogens with two attached hydrogens (primary N) is 1. The first-order chi connectivity index (χ1) is 12.6. The molecule has 3 heteroatoms. The van der Waals surface area contributed by atoms with Gasteiger partial charge in [-0.15, -0.1) is 0 Å². The van der Waals surface area contributed by atoms with Gasteiger partial charge in [-0.2, -0.15) is 0 Å². The van der Waals surface area contributed by atoms with Crippen LogP contribution in [-0.4, -0.2) is 9.55 Å². The van der Waals surface area contributed by atoms with Gasteiger partial charge in [-0.1, -0.05) is 35.9 Å². The molecular formula is C23H23N3. The number of fused-ring (bicyclic) bond motifs is 1. The van der Waals surface area contributed by atoms with Crippen LogP contribution < -0.4 is 5.73 Å². The molecule has 0 amide bonds. The molecule has 1 aromatic heterocycles. The van der Waals surface area contributed by atoms with Crippen molar-refractivity contribution in [2.75, 3.05) is 5.73 Å². The molecule has 0 unspecified atom stereocenters. The van der Waals surface area contributed by atoms with Gasteiger partial charge in [0.2, 0.25) is 0 Å². The summed E-state index contributed by atoms with van der Waals surface area (Å²) in [5, 5.41) is 0. The maximum absolute atomic E-state index is 5.86. The van der Waals surface area contributed by atoms with E-state index in [1.807, 2.05) is 24.3 Å². The number of benzene rings is 3. The second-order valence-electron chi connectivity index (χ2n) is 6.94. The van der Waals surface area contributed by atoms with Crippen LogP contribution in [0.5, 0.6) is 0 Å². The second-order valence-corrected chi connectivity index (χ2v) is 6.94. The summed E-state index contributed by atoms with van der Waals surface area (Å²) in [6.07, 6.45) is 0.974. The molecule has 2 N–H and O–H groups in total. The monoisotopic (exact) mass is 341 g/mol. The van der Waals surface area contributed by atoms with Crippen LogP contribution in [0.2, 0.25) is 0 Å². The van der Waals surface area contributed by atoms with Gasteiger partial charge in [-0.25, -0.2) is 4.98 Å². The van der Waals surface area contributed by atoms with Gasteiger partial charge in [0.15, 0.2) is 0 Å². The molecule has 0 bridgehead atoms. The van der Waals surface area contributed by atoms with Gasteiger partial charge in [0, 0.05) is 17.8 Å². The normalized spacial score (nSPS) is 11.2. The molecule has 0 spiro atoms. The lowest BCUT2D eigenvalue weighted by Crippen LogP contribution is -2.04. The van der Waals surface area contributed by atoms with E-state index >= 15 is 0 Å². The molecule has 3 nitrogen and oxygen atoms in total. The highest BCUT2D eigenvalue weighted by atomic mass is 15.1. The average Bonchev–Trinajstić information content (AvgIpc) is 2.99. The first-order valence-electron chi connectivity index (χ1n) is 8.98. The third-order valence-electron chi connectivity index (χ3n) is 4.82. The summed E-state index contributed by atoms with van der Waals surface area (Å²) in [6, 6.07) is 23.2. The number of anilines is 1. The van der Waals surface area contributed by atoms with E-state index in [0.717, 1.165) is 35.6 Å². The van der Waals surface area contributed by atoms with Crippen LogP contribution in [0.1, 0.15) is 16.7 Å². The molecule has 0 aliphatic heterocycles. The predicted octanol–water partition coefficient (Wildman–Crippen LogP) is 5.15. The minimum absolute atomic E-state index is 0.770. The smallest absolute Gasteiger partial charge is 0.141 e. The minimum Gasteiger partial charge on any atom is -0.399 e. The zero-order chi connectivity index (χ0) is 18.1. The van der Waals surface area contributed by atoms with Crippen molar-refractivity contribution < 1.29 is 0 Å². The Hall–Kier alpha value is -3.07. The zero-order valence-electron chi connectivity index (χ0n) is 15.2. The molecule has 0 fully saturated rings. The Morgan fingerprint density at radius 3 is 2.27 bits per heavy atom. The fourth-order valence-corrected chi connectivity index (χ4v) is 3.31. The first kappa shape index (κ1) is 16.4. The Kier molecular flexibility index (Phi) is 4.21. The maximum atomic E-state index is 5.86. The van der Waals surface area contributed by atoms with E-state index < -0.39 is 0 Å².